The Balaban J connectivity index is 1.58. The lowest BCUT2D eigenvalue weighted by molar-refractivity contribution is -0.121. The Morgan fingerprint density at radius 2 is 1.79 bits per heavy atom. The van der Waals surface area contributed by atoms with Crippen molar-refractivity contribution in [2.24, 2.45) is 4.99 Å². The zero-order valence-corrected chi connectivity index (χ0v) is 22.1. The molecule has 5 N–H and O–H groups in total. The van der Waals surface area contributed by atoms with Crippen LogP contribution in [-0.2, 0) is 4.79 Å². The summed E-state index contributed by atoms with van der Waals surface area (Å²) in [4.78, 5) is 19.2. The number of benzodiazepines with no additional fused rings is 1. The Hall–Kier alpha value is -4.57. The summed E-state index contributed by atoms with van der Waals surface area (Å²) in [5.41, 5.74) is 2.52. The highest BCUT2D eigenvalue weighted by molar-refractivity contribution is 6.31. The summed E-state index contributed by atoms with van der Waals surface area (Å²) in [6.45, 7) is 1.86. The first-order valence-corrected chi connectivity index (χ1v) is 12.4. The second kappa shape index (κ2) is 11.9. The molecular formula is C28H28ClN5O5. The van der Waals surface area contributed by atoms with Gasteiger partial charge in [-0.15, -0.1) is 0 Å². The van der Waals surface area contributed by atoms with Crippen LogP contribution in [0.15, 0.2) is 65.7 Å². The number of aromatic hydroxyl groups is 2. The summed E-state index contributed by atoms with van der Waals surface area (Å²) in [6, 6.07) is 15.6. The van der Waals surface area contributed by atoms with Crippen LogP contribution in [0, 0.1) is 10.8 Å². The number of halogens is 1. The molecule has 1 aliphatic heterocycles. The summed E-state index contributed by atoms with van der Waals surface area (Å²) in [7, 11) is 1.56. The normalized spacial score (nSPS) is 14.6. The molecule has 10 nitrogen and oxygen atoms in total. The highest BCUT2D eigenvalue weighted by atomic mass is 35.5. The average molecular weight is 550 g/mol. The average Bonchev–Trinajstić information content (AvgIpc) is 3.03. The highest BCUT2D eigenvalue weighted by Crippen LogP contribution is 2.33. The summed E-state index contributed by atoms with van der Waals surface area (Å²) >= 11 is 6.11. The standard InChI is InChI=1S/C28H28ClN5O5/c1-16(30)34-23-9-7-19(38-2)13-21(23)27(17-3-5-18(29)6-4-17)33-22(28(34)31)15-26(37)32-11-12-39-20-8-10-24(35)25(36)14-20/h3-10,13-14,22,30-31,35-36H,11-12,15H2,1-2H3,(H,32,37). The molecule has 3 aromatic rings. The van der Waals surface area contributed by atoms with Crippen LogP contribution in [0.3, 0.4) is 0 Å². The number of nitrogens with zero attached hydrogens (tertiary/aromatic N) is 2. The molecule has 0 saturated carbocycles. The lowest BCUT2D eigenvalue weighted by atomic mass is 9.99. The van der Waals surface area contributed by atoms with Crippen LogP contribution in [-0.4, -0.2) is 59.8 Å². The molecule has 0 saturated heterocycles. The van der Waals surface area contributed by atoms with E-state index in [0.29, 0.717) is 33.5 Å². The van der Waals surface area contributed by atoms with Gasteiger partial charge in [0.1, 0.15) is 35.8 Å². The van der Waals surface area contributed by atoms with Gasteiger partial charge in [-0.2, -0.15) is 0 Å². The minimum atomic E-state index is -0.885. The van der Waals surface area contributed by atoms with Gasteiger partial charge in [0.2, 0.25) is 5.91 Å². The van der Waals surface area contributed by atoms with E-state index in [0.717, 1.165) is 5.56 Å². The number of phenols is 2. The first kappa shape index (κ1) is 27.5. The molecule has 0 fully saturated rings. The number of rotatable bonds is 8. The van der Waals surface area contributed by atoms with Crippen molar-refractivity contribution in [1.29, 1.82) is 10.8 Å². The van der Waals surface area contributed by atoms with E-state index in [1.165, 1.54) is 23.1 Å². The van der Waals surface area contributed by atoms with E-state index in [4.69, 9.17) is 36.9 Å². The Morgan fingerprint density at radius 1 is 1.08 bits per heavy atom. The fourth-order valence-electron chi connectivity index (χ4n) is 4.13. The maximum Gasteiger partial charge on any atom is 0.222 e. The maximum absolute atomic E-state index is 12.9. The number of amides is 1. The molecule has 202 valence electrons. The Morgan fingerprint density at radius 3 is 2.46 bits per heavy atom. The van der Waals surface area contributed by atoms with Crippen molar-refractivity contribution in [3.05, 3.63) is 76.8 Å². The maximum atomic E-state index is 12.9. The fraction of sp³-hybridized carbons (Fsp3) is 0.214. The molecule has 0 aliphatic carbocycles. The molecule has 0 radical (unpaired) electrons. The molecule has 1 heterocycles. The third kappa shape index (κ3) is 6.29. The van der Waals surface area contributed by atoms with E-state index in [2.05, 4.69) is 5.32 Å². The number of fused-ring (bicyclic) bond motifs is 1. The van der Waals surface area contributed by atoms with E-state index >= 15 is 0 Å². The van der Waals surface area contributed by atoms with E-state index < -0.39 is 6.04 Å². The molecular weight excluding hydrogens is 522 g/mol. The molecule has 4 rings (SSSR count). The van der Waals surface area contributed by atoms with Gasteiger partial charge in [-0.1, -0.05) is 23.7 Å². The van der Waals surface area contributed by atoms with Crippen molar-refractivity contribution in [2.45, 2.75) is 19.4 Å². The van der Waals surface area contributed by atoms with Gasteiger partial charge in [-0.25, -0.2) is 0 Å². The smallest absolute Gasteiger partial charge is 0.222 e. The molecule has 1 atom stereocenters. The summed E-state index contributed by atoms with van der Waals surface area (Å²) in [5.74, 6) is 0.110. The SMILES string of the molecule is COc1ccc2c(c1)C(c1ccc(Cl)cc1)=NC(CC(=O)NCCOc1ccc(O)c(O)c1)C(=N)N2C(C)=N. The van der Waals surface area contributed by atoms with Crippen molar-refractivity contribution in [1.82, 2.24) is 5.32 Å². The summed E-state index contributed by atoms with van der Waals surface area (Å²) in [5, 5.41) is 39.6. The minimum absolute atomic E-state index is 0.0103. The van der Waals surface area contributed by atoms with Gasteiger partial charge in [0.25, 0.3) is 0 Å². The van der Waals surface area contributed by atoms with Gasteiger partial charge in [-0.05, 0) is 49.4 Å². The monoisotopic (exact) mass is 549 g/mol. The Labute approximate surface area is 230 Å². The van der Waals surface area contributed by atoms with Crippen molar-refractivity contribution < 1.29 is 24.5 Å². The Kier molecular flexibility index (Phi) is 8.36. The fourth-order valence-corrected chi connectivity index (χ4v) is 4.26. The van der Waals surface area contributed by atoms with Crippen LogP contribution in [0.1, 0.15) is 24.5 Å². The largest absolute Gasteiger partial charge is 0.504 e. The quantitative estimate of drug-likeness (QED) is 0.122. The number of ether oxygens (including phenoxy) is 2. The number of phenolic OH excluding ortho intramolecular Hbond substituents is 2. The number of aliphatic imine (C=N–C) groups is 1. The van der Waals surface area contributed by atoms with Crippen LogP contribution in [0.2, 0.25) is 5.02 Å². The third-order valence-electron chi connectivity index (χ3n) is 6.01. The predicted molar refractivity (Wildman–Crippen MR) is 150 cm³/mol. The number of carbonyl (C=O) groups is 1. The molecule has 0 spiro atoms. The van der Waals surface area contributed by atoms with E-state index in [-0.39, 0.29) is 48.6 Å². The van der Waals surface area contributed by atoms with E-state index in [1.54, 1.807) is 44.4 Å². The number of hydrogen-bond acceptors (Lipinski definition) is 8. The van der Waals surface area contributed by atoms with Gasteiger partial charge in [0.05, 0.1) is 31.5 Å². The van der Waals surface area contributed by atoms with Gasteiger partial charge in [-0.3, -0.25) is 25.5 Å². The zero-order chi connectivity index (χ0) is 28.1. The van der Waals surface area contributed by atoms with Crippen molar-refractivity contribution in [2.75, 3.05) is 25.2 Å². The van der Waals surface area contributed by atoms with Crippen molar-refractivity contribution >= 4 is 40.6 Å². The molecule has 1 aliphatic rings. The molecule has 1 amide bonds. The predicted octanol–water partition coefficient (Wildman–Crippen LogP) is 4.35. The number of anilines is 1. The van der Waals surface area contributed by atoms with E-state index in [9.17, 15) is 15.0 Å². The number of nitrogens with one attached hydrogen (secondary N) is 3. The number of hydrogen-bond donors (Lipinski definition) is 5. The Bertz CT molecular complexity index is 1440. The van der Waals surface area contributed by atoms with Gasteiger partial charge in [0.15, 0.2) is 11.5 Å². The first-order valence-electron chi connectivity index (χ1n) is 12.0. The summed E-state index contributed by atoms with van der Waals surface area (Å²) < 4.78 is 10.9. The van der Waals surface area contributed by atoms with Crippen LogP contribution < -0.4 is 19.7 Å². The molecule has 0 aromatic heterocycles. The number of amidine groups is 2. The van der Waals surface area contributed by atoms with Crippen LogP contribution in [0.4, 0.5) is 5.69 Å². The second-order valence-corrected chi connectivity index (χ2v) is 9.18. The minimum Gasteiger partial charge on any atom is -0.504 e. The lowest BCUT2D eigenvalue weighted by Gasteiger charge is -2.26. The van der Waals surface area contributed by atoms with Gasteiger partial charge < -0.3 is 25.0 Å². The number of benzene rings is 3. The molecule has 39 heavy (non-hydrogen) atoms. The zero-order valence-electron chi connectivity index (χ0n) is 21.4. The van der Waals surface area contributed by atoms with Crippen LogP contribution >= 0.6 is 11.6 Å². The van der Waals surface area contributed by atoms with Crippen LogP contribution in [0.5, 0.6) is 23.0 Å². The van der Waals surface area contributed by atoms with Crippen molar-refractivity contribution in [3.8, 4) is 23.0 Å². The van der Waals surface area contributed by atoms with Gasteiger partial charge in [0, 0.05) is 22.2 Å². The second-order valence-electron chi connectivity index (χ2n) is 8.74. The van der Waals surface area contributed by atoms with Crippen LogP contribution in [0.25, 0.3) is 0 Å². The molecule has 0 bridgehead atoms. The van der Waals surface area contributed by atoms with Crippen molar-refractivity contribution in [3.63, 3.8) is 0 Å². The third-order valence-corrected chi connectivity index (χ3v) is 6.26. The molecule has 1 unspecified atom stereocenters. The summed E-state index contributed by atoms with van der Waals surface area (Å²) in [6.07, 6.45) is -0.134. The van der Waals surface area contributed by atoms with E-state index in [1.807, 2.05) is 12.1 Å². The number of methoxy groups -OCH3 is 1. The first-order chi connectivity index (χ1) is 18.7. The lowest BCUT2D eigenvalue weighted by Crippen LogP contribution is -2.42. The molecule has 11 heteroatoms. The van der Waals surface area contributed by atoms with Gasteiger partial charge >= 0.3 is 0 Å². The number of carbonyl (C=O) groups excluding carboxylic acids is 1. The molecule has 3 aromatic carbocycles. The highest BCUT2D eigenvalue weighted by Gasteiger charge is 2.32. The topological polar surface area (TPSA) is 151 Å².